The van der Waals surface area contributed by atoms with Gasteiger partial charge in [-0.1, -0.05) is 43.8 Å². The highest BCUT2D eigenvalue weighted by atomic mass is 14.6. The van der Waals surface area contributed by atoms with Crippen molar-refractivity contribution in [2.75, 3.05) is 0 Å². The summed E-state index contributed by atoms with van der Waals surface area (Å²) in [5, 5.41) is 0. The van der Waals surface area contributed by atoms with E-state index in [1.54, 1.807) is 5.57 Å². The van der Waals surface area contributed by atoms with Gasteiger partial charge in [0.05, 0.1) is 0 Å². The molecule has 0 radical (unpaired) electrons. The number of hydrogen-bond acceptors (Lipinski definition) is 1. The van der Waals surface area contributed by atoms with Gasteiger partial charge in [0.2, 0.25) is 0 Å². The van der Waals surface area contributed by atoms with Gasteiger partial charge >= 0.3 is 0 Å². The standard InChI is InChI=1S/C13H23N/c14-13(12-8-4-5-9-12)10-11-6-2-1-3-7-11/h8,11,13H,1-7,9-10,14H2. The van der Waals surface area contributed by atoms with E-state index in [4.69, 9.17) is 5.73 Å². The molecule has 0 heterocycles. The lowest BCUT2D eigenvalue weighted by atomic mass is 9.83. The van der Waals surface area contributed by atoms with Crippen LogP contribution in [-0.4, -0.2) is 6.04 Å². The Morgan fingerprint density at radius 3 is 2.64 bits per heavy atom. The Hall–Kier alpha value is -0.300. The van der Waals surface area contributed by atoms with Crippen LogP contribution in [0.15, 0.2) is 11.6 Å². The molecule has 0 aromatic rings. The first kappa shape index (κ1) is 10.2. The molecule has 1 atom stereocenters. The summed E-state index contributed by atoms with van der Waals surface area (Å²) in [5.74, 6) is 0.931. The van der Waals surface area contributed by atoms with Crippen molar-refractivity contribution < 1.29 is 0 Å². The summed E-state index contributed by atoms with van der Waals surface area (Å²) < 4.78 is 0. The Morgan fingerprint density at radius 1 is 1.21 bits per heavy atom. The normalized spacial score (nSPS) is 26.2. The van der Waals surface area contributed by atoms with Gasteiger partial charge in [-0.2, -0.15) is 0 Å². The van der Waals surface area contributed by atoms with Crippen molar-refractivity contribution in [2.24, 2.45) is 11.7 Å². The maximum absolute atomic E-state index is 6.24. The van der Waals surface area contributed by atoms with E-state index in [1.807, 2.05) is 0 Å². The molecule has 2 N–H and O–H groups in total. The number of nitrogens with two attached hydrogens (primary N) is 1. The molecule has 1 nitrogen and oxygen atoms in total. The highest BCUT2D eigenvalue weighted by molar-refractivity contribution is 5.14. The lowest BCUT2D eigenvalue weighted by Crippen LogP contribution is -2.26. The SMILES string of the molecule is NC(CC1CCCCC1)C1=CCCC1. The zero-order chi connectivity index (χ0) is 9.80. The van der Waals surface area contributed by atoms with Crippen molar-refractivity contribution in [1.82, 2.24) is 0 Å². The topological polar surface area (TPSA) is 26.0 Å². The second kappa shape index (κ2) is 4.97. The highest BCUT2D eigenvalue weighted by Crippen LogP contribution is 2.30. The molecule has 0 bridgehead atoms. The molecule has 0 amide bonds. The Balaban J connectivity index is 1.77. The molecule has 14 heavy (non-hydrogen) atoms. The van der Waals surface area contributed by atoms with Gasteiger partial charge in [-0.25, -0.2) is 0 Å². The van der Waals surface area contributed by atoms with Gasteiger partial charge in [0.25, 0.3) is 0 Å². The molecule has 0 spiro atoms. The van der Waals surface area contributed by atoms with E-state index in [-0.39, 0.29) is 0 Å². The molecule has 0 saturated heterocycles. The molecule has 2 aliphatic carbocycles. The van der Waals surface area contributed by atoms with Crippen molar-refractivity contribution in [3.63, 3.8) is 0 Å². The van der Waals surface area contributed by atoms with Crippen LogP contribution in [-0.2, 0) is 0 Å². The first-order valence-electron chi connectivity index (χ1n) is 6.31. The summed E-state index contributed by atoms with van der Waals surface area (Å²) >= 11 is 0. The van der Waals surface area contributed by atoms with E-state index in [1.165, 1.54) is 57.8 Å². The summed E-state index contributed by atoms with van der Waals surface area (Å²) in [4.78, 5) is 0. The van der Waals surface area contributed by atoms with E-state index in [9.17, 15) is 0 Å². The van der Waals surface area contributed by atoms with Gasteiger partial charge in [-0.3, -0.25) is 0 Å². The van der Waals surface area contributed by atoms with Crippen LogP contribution in [0.3, 0.4) is 0 Å². The van der Waals surface area contributed by atoms with Crippen LogP contribution in [0.4, 0.5) is 0 Å². The second-order valence-corrected chi connectivity index (χ2v) is 5.02. The lowest BCUT2D eigenvalue weighted by molar-refractivity contribution is 0.326. The van der Waals surface area contributed by atoms with E-state index in [0.717, 1.165) is 5.92 Å². The molecule has 0 aromatic heterocycles. The van der Waals surface area contributed by atoms with Crippen LogP contribution in [0, 0.1) is 5.92 Å². The maximum Gasteiger partial charge on any atom is 0.0256 e. The summed E-state index contributed by atoms with van der Waals surface area (Å²) in [5.41, 5.74) is 7.79. The summed E-state index contributed by atoms with van der Waals surface area (Å²) in [6.07, 6.45) is 14.7. The van der Waals surface area contributed by atoms with Gasteiger partial charge in [0, 0.05) is 6.04 Å². The fraction of sp³-hybridized carbons (Fsp3) is 0.846. The third kappa shape index (κ3) is 2.60. The molecule has 1 saturated carbocycles. The molecular formula is C13H23N. The molecule has 1 fully saturated rings. The van der Waals surface area contributed by atoms with Gasteiger partial charge < -0.3 is 5.73 Å². The first-order chi connectivity index (χ1) is 6.86. The number of rotatable bonds is 3. The molecule has 2 rings (SSSR count). The zero-order valence-electron chi connectivity index (χ0n) is 9.17. The van der Waals surface area contributed by atoms with Crippen LogP contribution in [0.1, 0.15) is 57.8 Å². The Labute approximate surface area is 87.8 Å². The average molecular weight is 193 g/mol. The molecule has 0 aliphatic heterocycles. The maximum atomic E-state index is 6.24. The molecule has 80 valence electrons. The van der Waals surface area contributed by atoms with E-state index < -0.39 is 0 Å². The third-order valence-electron chi connectivity index (χ3n) is 3.86. The van der Waals surface area contributed by atoms with Gasteiger partial charge in [-0.05, 0) is 31.6 Å². The van der Waals surface area contributed by atoms with Crippen molar-refractivity contribution in [3.05, 3.63) is 11.6 Å². The fourth-order valence-electron chi connectivity index (χ4n) is 2.97. The monoisotopic (exact) mass is 193 g/mol. The molecular weight excluding hydrogens is 170 g/mol. The number of hydrogen-bond donors (Lipinski definition) is 1. The number of allylic oxidation sites excluding steroid dienone is 1. The second-order valence-electron chi connectivity index (χ2n) is 5.02. The van der Waals surface area contributed by atoms with Gasteiger partial charge in [0.15, 0.2) is 0 Å². The largest absolute Gasteiger partial charge is 0.324 e. The van der Waals surface area contributed by atoms with Crippen LogP contribution in [0.5, 0.6) is 0 Å². The Morgan fingerprint density at radius 2 is 2.00 bits per heavy atom. The van der Waals surface area contributed by atoms with Crippen molar-refractivity contribution in [3.8, 4) is 0 Å². The molecule has 0 aromatic carbocycles. The predicted octanol–water partition coefficient (Wildman–Crippen LogP) is 3.39. The van der Waals surface area contributed by atoms with Crippen molar-refractivity contribution >= 4 is 0 Å². The summed E-state index contributed by atoms with van der Waals surface area (Å²) in [7, 11) is 0. The van der Waals surface area contributed by atoms with E-state index in [2.05, 4.69) is 6.08 Å². The predicted molar refractivity (Wildman–Crippen MR) is 61.1 cm³/mol. The van der Waals surface area contributed by atoms with Gasteiger partial charge in [-0.15, -0.1) is 0 Å². The van der Waals surface area contributed by atoms with Crippen LogP contribution in [0.2, 0.25) is 0 Å². The molecule has 2 aliphatic rings. The Bertz CT molecular complexity index is 201. The van der Waals surface area contributed by atoms with E-state index in [0.29, 0.717) is 6.04 Å². The first-order valence-corrected chi connectivity index (χ1v) is 6.31. The van der Waals surface area contributed by atoms with Crippen LogP contribution in [0.25, 0.3) is 0 Å². The van der Waals surface area contributed by atoms with Crippen molar-refractivity contribution in [2.45, 2.75) is 63.8 Å². The molecule has 1 heteroatoms. The van der Waals surface area contributed by atoms with Crippen LogP contribution >= 0.6 is 0 Å². The minimum absolute atomic E-state index is 0.389. The van der Waals surface area contributed by atoms with Gasteiger partial charge in [0.1, 0.15) is 0 Å². The van der Waals surface area contributed by atoms with Crippen LogP contribution < -0.4 is 5.73 Å². The van der Waals surface area contributed by atoms with Crippen molar-refractivity contribution in [1.29, 1.82) is 0 Å². The minimum Gasteiger partial charge on any atom is -0.324 e. The smallest absolute Gasteiger partial charge is 0.0256 e. The molecule has 1 unspecified atom stereocenters. The fourth-order valence-corrected chi connectivity index (χ4v) is 2.97. The third-order valence-corrected chi connectivity index (χ3v) is 3.86. The average Bonchev–Trinajstić information content (AvgIpc) is 2.72. The minimum atomic E-state index is 0.389. The summed E-state index contributed by atoms with van der Waals surface area (Å²) in [6.45, 7) is 0. The quantitative estimate of drug-likeness (QED) is 0.683. The summed E-state index contributed by atoms with van der Waals surface area (Å²) in [6, 6.07) is 0.389. The van der Waals surface area contributed by atoms with E-state index >= 15 is 0 Å². The Kier molecular flexibility index (Phi) is 3.63. The zero-order valence-corrected chi connectivity index (χ0v) is 9.17. The highest BCUT2D eigenvalue weighted by Gasteiger charge is 2.19. The lowest BCUT2D eigenvalue weighted by Gasteiger charge is -2.25.